The third kappa shape index (κ3) is 4.32. The Morgan fingerprint density at radius 2 is 1.55 bits per heavy atom. The number of nitrogens with zero attached hydrogens (tertiary/aromatic N) is 2. The molecule has 156 valence electrons. The molecule has 0 aliphatic rings. The molecule has 4 aromatic rings. The second-order valence-corrected chi connectivity index (χ2v) is 8.67. The van der Waals surface area contributed by atoms with E-state index in [1.807, 2.05) is 87.5 Å². The number of carbonyl (C=O) groups is 1. The number of aromatic nitrogens is 2. The molecule has 0 bridgehead atoms. The van der Waals surface area contributed by atoms with Crippen molar-refractivity contribution in [1.29, 1.82) is 0 Å². The topological polar surface area (TPSA) is 52.0 Å². The van der Waals surface area contributed by atoms with Crippen LogP contribution in [0.25, 0.3) is 10.9 Å². The van der Waals surface area contributed by atoms with Crippen LogP contribution in [-0.2, 0) is 6.54 Å². The number of ketones is 1. The van der Waals surface area contributed by atoms with E-state index in [0.717, 1.165) is 16.7 Å². The van der Waals surface area contributed by atoms with E-state index in [0.29, 0.717) is 28.2 Å². The van der Waals surface area contributed by atoms with E-state index in [9.17, 15) is 9.59 Å². The molecule has 0 saturated carbocycles. The van der Waals surface area contributed by atoms with E-state index in [1.54, 1.807) is 10.6 Å². The Balaban J connectivity index is 1.83. The van der Waals surface area contributed by atoms with Crippen molar-refractivity contribution in [3.05, 3.63) is 105 Å². The molecule has 0 N–H and O–H groups in total. The van der Waals surface area contributed by atoms with E-state index in [-0.39, 0.29) is 11.3 Å². The van der Waals surface area contributed by atoms with Gasteiger partial charge in [0, 0.05) is 12.1 Å². The van der Waals surface area contributed by atoms with Gasteiger partial charge < -0.3 is 0 Å². The average Bonchev–Trinajstić information content (AvgIpc) is 2.78. The van der Waals surface area contributed by atoms with Gasteiger partial charge in [-0.25, -0.2) is 4.98 Å². The van der Waals surface area contributed by atoms with Crippen molar-refractivity contribution >= 4 is 28.4 Å². The molecule has 1 aromatic heterocycles. The van der Waals surface area contributed by atoms with Crippen molar-refractivity contribution in [2.45, 2.75) is 37.7 Å². The summed E-state index contributed by atoms with van der Waals surface area (Å²) >= 11 is 1.34. The monoisotopic (exact) mass is 428 g/mol. The Hall–Kier alpha value is -3.18. The van der Waals surface area contributed by atoms with Gasteiger partial charge in [-0.2, -0.15) is 0 Å². The van der Waals surface area contributed by atoms with Crippen LogP contribution in [0.5, 0.6) is 0 Å². The average molecular weight is 429 g/mol. The van der Waals surface area contributed by atoms with Gasteiger partial charge in [-0.15, -0.1) is 0 Å². The fourth-order valence-electron chi connectivity index (χ4n) is 3.51. The molecule has 0 saturated heterocycles. The molecule has 3 aromatic carbocycles. The summed E-state index contributed by atoms with van der Waals surface area (Å²) in [5, 5.41) is 0.636. The highest BCUT2D eigenvalue weighted by Crippen LogP contribution is 2.37. The van der Waals surface area contributed by atoms with Gasteiger partial charge in [-0.1, -0.05) is 83.6 Å². The van der Waals surface area contributed by atoms with Crippen LogP contribution in [-0.4, -0.2) is 15.3 Å². The van der Waals surface area contributed by atoms with Gasteiger partial charge in [-0.3, -0.25) is 14.2 Å². The van der Waals surface area contributed by atoms with E-state index in [1.165, 1.54) is 11.8 Å². The number of fused-ring (bicyclic) bond motifs is 1. The second kappa shape index (κ2) is 8.90. The maximum Gasteiger partial charge on any atom is 0.262 e. The summed E-state index contributed by atoms with van der Waals surface area (Å²) in [7, 11) is 0. The molecule has 0 radical (unpaired) electrons. The van der Waals surface area contributed by atoms with Crippen molar-refractivity contribution in [3.63, 3.8) is 0 Å². The normalized spacial score (nSPS) is 12.1. The summed E-state index contributed by atoms with van der Waals surface area (Å²) in [6, 6.07) is 22.9. The summed E-state index contributed by atoms with van der Waals surface area (Å²) < 4.78 is 1.65. The first kappa shape index (κ1) is 21.1. The van der Waals surface area contributed by atoms with Crippen molar-refractivity contribution in [1.82, 2.24) is 9.55 Å². The Kier molecular flexibility index (Phi) is 6.05. The van der Waals surface area contributed by atoms with Gasteiger partial charge in [0.05, 0.1) is 10.9 Å². The molecule has 5 heteroatoms. The Morgan fingerprint density at radius 3 is 2.19 bits per heavy atom. The zero-order valence-electron chi connectivity index (χ0n) is 17.8. The number of Topliss-reactive ketones (excluding diaryl/α,β-unsaturated/α-hetero) is 1. The SMILES string of the molecule is CCn1c(SC(C(=O)c2ccc(C)cc2)c2ccc(C)cc2)nc2ccccc2c1=O. The first-order valence-electron chi connectivity index (χ1n) is 10.3. The van der Waals surface area contributed by atoms with Crippen LogP contribution >= 0.6 is 11.8 Å². The molecule has 1 atom stereocenters. The predicted molar refractivity (Wildman–Crippen MR) is 127 cm³/mol. The van der Waals surface area contributed by atoms with Crippen molar-refractivity contribution < 1.29 is 4.79 Å². The Morgan fingerprint density at radius 1 is 0.935 bits per heavy atom. The number of para-hydroxylation sites is 1. The van der Waals surface area contributed by atoms with Crippen LogP contribution in [0.1, 0.15) is 39.2 Å². The number of aryl methyl sites for hydroxylation is 2. The highest BCUT2D eigenvalue weighted by Gasteiger charge is 2.26. The number of benzene rings is 3. The summed E-state index contributed by atoms with van der Waals surface area (Å²) in [6.45, 7) is 6.43. The summed E-state index contributed by atoms with van der Waals surface area (Å²) in [4.78, 5) is 31.4. The number of hydrogen-bond donors (Lipinski definition) is 0. The fraction of sp³-hybridized carbons (Fsp3) is 0.192. The largest absolute Gasteiger partial charge is 0.293 e. The van der Waals surface area contributed by atoms with Crippen LogP contribution in [0.15, 0.2) is 82.7 Å². The van der Waals surface area contributed by atoms with E-state index in [2.05, 4.69) is 0 Å². The zero-order chi connectivity index (χ0) is 22.0. The molecule has 1 unspecified atom stereocenters. The third-order valence-electron chi connectivity index (χ3n) is 5.32. The summed E-state index contributed by atoms with van der Waals surface area (Å²) in [5.74, 6) is -0.00101. The molecular formula is C26H24N2O2S. The zero-order valence-corrected chi connectivity index (χ0v) is 18.6. The Bertz CT molecular complexity index is 1290. The lowest BCUT2D eigenvalue weighted by Gasteiger charge is -2.19. The van der Waals surface area contributed by atoms with Gasteiger partial charge in [0.2, 0.25) is 0 Å². The number of thioether (sulfide) groups is 1. The van der Waals surface area contributed by atoms with Crippen LogP contribution in [0, 0.1) is 13.8 Å². The van der Waals surface area contributed by atoms with Crippen molar-refractivity contribution in [3.8, 4) is 0 Å². The highest BCUT2D eigenvalue weighted by molar-refractivity contribution is 8.00. The van der Waals surface area contributed by atoms with E-state index < -0.39 is 5.25 Å². The minimum absolute atomic E-state index is 0.00101. The fourth-order valence-corrected chi connectivity index (χ4v) is 4.74. The van der Waals surface area contributed by atoms with Crippen LogP contribution < -0.4 is 5.56 Å². The molecular weight excluding hydrogens is 404 g/mol. The lowest BCUT2D eigenvalue weighted by atomic mass is 10.0. The highest BCUT2D eigenvalue weighted by atomic mass is 32.2. The quantitative estimate of drug-likeness (QED) is 0.223. The van der Waals surface area contributed by atoms with Crippen LogP contribution in [0.2, 0.25) is 0 Å². The molecule has 0 aliphatic heterocycles. The maximum atomic E-state index is 13.6. The van der Waals surface area contributed by atoms with Crippen LogP contribution in [0.4, 0.5) is 0 Å². The van der Waals surface area contributed by atoms with Crippen LogP contribution in [0.3, 0.4) is 0 Å². The van der Waals surface area contributed by atoms with Gasteiger partial charge in [0.15, 0.2) is 10.9 Å². The minimum atomic E-state index is -0.505. The van der Waals surface area contributed by atoms with Gasteiger partial charge in [0.1, 0.15) is 5.25 Å². The summed E-state index contributed by atoms with van der Waals surface area (Å²) in [5.41, 5.74) is 4.34. The van der Waals surface area contributed by atoms with Gasteiger partial charge in [-0.05, 0) is 38.5 Å². The first-order chi connectivity index (χ1) is 15.0. The van der Waals surface area contributed by atoms with Gasteiger partial charge in [0.25, 0.3) is 5.56 Å². The molecule has 0 fully saturated rings. The van der Waals surface area contributed by atoms with Crippen molar-refractivity contribution in [2.75, 3.05) is 0 Å². The molecule has 4 nitrogen and oxygen atoms in total. The molecule has 0 aliphatic carbocycles. The minimum Gasteiger partial charge on any atom is -0.293 e. The number of rotatable bonds is 6. The maximum absolute atomic E-state index is 13.6. The Labute approximate surface area is 186 Å². The second-order valence-electron chi connectivity index (χ2n) is 7.60. The van der Waals surface area contributed by atoms with E-state index >= 15 is 0 Å². The predicted octanol–water partition coefficient (Wildman–Crippen LogP) is 5.75. The number of hydrogen-bond acceptors (Lipinski definition) is 4. The number of carbonyl (C=O) groups excluding carboxylic acids is 1. The molecule has 0 amide bonds. The molecule has 1 heterocycles. The van der Waals surface area contributed by atoms with E-state index in [4.69, 9.17) is 4.98 Å². The summed E-state index contributed by atoms with van der Waals surface area (Å²) in [6.07, 6.45) is 0. The molecule has 0 spiro atoms. The van der Waals surface area contributed by atoms with Crippen molar-refractivity contribution in [2.24, 2.45) is 0 Å². The standard InChI is InChI=1S/C26H24N2O2S/c1-4-28-25(30)21-7-5-6-8-22(21)27-26(28)31-24(20-15-11-18(3)12-16-20)23(29)19-13-9-17(2)10-14-19/h5-16,24H,4H2,1-3H3. The molecule has 31 heavy (non-hydrogen) atoms. The molecule has 4 rings (SSSR count). The lowest BCUT2D eigenvalue weighted by molar-refractivity contribution is 0.0989. The lowest BCUT2D eigenvalue weighted by Crippen LogP contribution is -2.23. The smallest absolute Gasteiger partial charge is 0.262 e. The third-order valence-corrected chi connectivity index (χ3v) is 6.56. The first-order valence-corrected chi connectivity index (χ1v) is 11.2. The van der Waals surface area contributed by atoms with Gasteiger partial charge >= 0.3 is 0 Å².